The van der Waals surface area contributed by atoms with Crippen LogP contribution in [0.5, 0.6) is 11.5 Å². The zero-order valence-corrected chi connectivity index (χ0v) is 17.5. The highest BCUT2D eigenvalue weighted by molar-refractivity contribution is 9.10. The topological polar surface area (TPSA) is 84.9 Å². The van der Waals surface area contributed by atoms with Gasteiger partial charge in [-0.15, -0.1) is 0 Å². The van der Waals surface area contributed by atoms with Gasteiger partial charge in [-0.3, -0.25) is 9.10 Å². The Kier molecular flexibility index (Phi) is 5.80. The maximum Gasteiger partial charge on any atom is 0.248 e. The number of nitrogens with zero attached hydrogens (tertiary/aromatic N) is 1. The first-order valence-electron chi connectivity index (χ1n) is 8.32. The van der Waals surface area contributed by atoms with Crippen LogP contribution in [-0.4, -0.2) is 39.8 Å². The molecule has 0 saturated carbocycles. The quantitative estimate of drug-likeness (QED) is 0.722. The fraction of sp³-hybridized carbons (Fsp3) is 0.278. The zero-order valence-electron chi connectivity index (χ0n) is 15.1. The molecule has 0 bridgehead atoms. The number of hydrogen-bond acceptors (Lipinski definition) is 5. The van der Waals surface area contributed by atoms with E-state index in [1.165, 1.54) is 31.2 Å². The number of anilines is 2. The molecule has 1 aliphatic rings. The lowest BCUT2D eigenvalue weighted by atomic mass is 10.2. The summed E-state index contributed by atoms with van der Waals surface area (Å²) in [6.45, 7) is 2.16. The van der Waals surface area contributed by atoms with Gasteiger partial charge in [0.2, 0.25) is 15.9 Å². The summed E-state index contributed by atoms with van der Waals surface area (Å²) in [5, 5.41) is 2.43. The van der Waals surface area contributed by atoms with Gasteiger partial charge in [-0.05, 0) is 37.3 Å². The molecule has 0 fully saturated rings. The number of hydrogen-bond donors (Lipinski definition) is 1. The van der Waals surface area contributed by atoms with E-state index in [4.69, 9.17) is 9.47 Å². The van der Waals surface area contributed by atoms with Crippen LogP contribution in [0.3, 0.4) is 0 Å². The van der Waals surface area contributed by atoms with Gasteiger partial charge in [0.1, 0.15) is 25.1 Å². The number of rotatable bonds is 5. The Morgan fingerprint density at radius 2 is 1.86 bits per heavy atom. The van der Waals surface area contributed by atoms with Gasteiger partial charge < -0.3 is 14.8 Å². The molecular formula is C18H18BrFN2O5S. The summed E-state index contributed by atoms with van der Waals surface area (Å²) in [5.41, 5.74) is 0.196. The third-order valence-corrected chi connectivity index (χ3v) is 5.79. The molecule has 2 aromatic rings. The predicted molar refractivity (Wildman–Crippen MR) is 107 cm³/mol. The van der Waals surface area contributed by atoms with Crippen molar-refractivity contribution in [2.24, 2.45) is 0 Å². The Morgan fingerprint density at radius 3 is 2.50 bits per heavy atom. The van der Waals surface area contributed by atoms with Crippen LogP contribution in [0.25, 0.3) is 0 Å². The van der Waals surface area contributed by atoms with Crippen LogP contribution in [0.2, 0.25) is 0 Å². The maximum atomic E-state index is 14.0. The van der Waals surface area contributed by atoms with Crippen LogP contribution >= 0.6 is 15.9 Å². The van der Waals surface area contributed by atoms with Crippen molar-refractivity contribution >= 4 is 43.2 Å². The highest BCUT2D eigenvalue weighted by atomic mass is 79.9. The third kappa shape index (κ3) is 4.39. The van der Waals surface area contributed by atoms with Gasteiger partial charge in [0.25, 0.3) is 0 Å². The predicted octanol–water partition coefficient (Wildman–Crippen LogP) is 3.15. The Morgan fingerprint density at radius 1 is 1.18 bits per heavy atom. The zero-order chi connectivity index (χ0) is 20.5. The SMILES string of the molecule is C[C@H](C(=O)Nc1ccc(Br)cc1F)N(c1ccc2c(c1)OCCO2)S(C)(=O)=O. The van der Waals surface area contributed by atoms with Crippen molar-refractivity contribution in [2.45, 2.75) is 13.0 Å². The van der Waals surface area contributed by atoms with E-state index < -0.39 is 27.8 Å². The molecule has 0 spiro atoms. The van der Waals surface area contributed by atoms with Crippen molar-refractivity contribution in [1.29, 1.82) is 0 Å². The second kappa shape index (κ2) is 7.96. The number of fused-ring (bicyclic) bond motifs is 1. The first kappa shape index (κ1) is 20.4. The summed E-state index contributed by atoms with van der Waals surface area (Å²) in [4.78, 5) is 12.6. The fourth-order valence-corrected chi connectivity index (χ4v) is 4.31. The summed E-state index contributed by atoms with van der Waals surface area (Å²) < 4.78 is 51.2. The first-order chi connectivity index (χ1) is 13.2. The van der Waals surface area contributed by atoms with E-state index in [9.17, 15) is 17.6 Å². The van der Waals surface area contributed by atoms with Gasteiger partial charge in [-0.25, -0.2) is 12.8 Å². The normalized spacial score (nSPS) is 14.3. The molecule has 1 N–H and O–H groups in total. The van der Waals surface area contributed by atoms with E-state index in [2.05, 4.69) is 21.2 Å². The van der Waals surface area contributed by atoms with Crippen molar-refractivity contribution in [1.82, 2.24) is 0 Å². The summed E-state index contributed by atoms with van der Waals surface area (Å²) >= 11 is 3.14. The number of nitrogens with one attached hydrogen (secondary N) is 1. The smallest absolute Gasteiger partial charge is 0.248 e. The summed E-state index contributed by atoms with van der Waals surface area (Å²) in [6.07, 6.45) is 0.994. The van der Waals surface area contributed by atoms with Gasteiger partial charge in [0.15, 0.2) is 11.5 Å². The van der Waals surface area contributed by atoms with Crippen LogP contribution in [0.15, 0.2) is 40.9 Å². The molecule has 0 saturated heterocycles. The molecule has 0 unspecified atom stereocenters. The molecule has 3 rings (SSSR count). The third-order valence-electron chi connectivity index (χ3n) is 4.06. The van der Waals surface area contributed by atoms with Crippen LogP contribution in [0.4, 0.5) is 15.8 Å². The summed E-state index contributed by atoms with van der Waals surface area (Å²) in [5.74, 6) is -0.428. The van der Waals surface area contributed by atoms with E-state index in [0.717, 1.165) is 10.6 Å². The summed E-state index contributed by atoms with van der Waals surface area (Å²) in [7, 11) is -3.82. The average molecular weight is 473 g/mol. The largest absolute Gasteiger partial charge is 0.486 e. The molecule has 1 amide bonds. The molecule has 2 aromatic carbocycles. The minimum Gasteiger partial charge on any atom is -0.486 e. The van der Waals surface area contributed by atoms with Crippen molar-refractivity contribution in [3.8, 4) is 11.5 Å². The number of ether oxygens (including phenoxy) is 2. The second-order valence-electron chi connectivity index (χ2n) is 6.18. The Labute approximate surface area is 170 Å². The molecule has 28 heavy (non-hydrogen) atoms. The molecule has 0 radical (unpaired) electrons. The van der Waals surface area contributed by atoms with Crippen molar-refractivity contribution < 1.29 is 27.1 Å². The highest BCUT2D eigenvalue weighted by Crippen LogP contribution is 2.35. The standard InChI is InChI=1S/C18H18BrFN2O5S/c1-11(18(23)21-15-5-3-12(19)9-14(15)20)22(28(2,24)25)13-4-6-16-17(10-13)27-8-7-26-16/h3-6,9-11H,7-8H2,1-2H3,(H,21,23)/t11-/m1/s1. The highest BCUT2D eigenvalue weighted by Gasteiger charge is 2.30. The Bertz CT molecular complexity index is 1020. The van der Waals surface area contributed by atoms with Gasteiger partial charge >= 0.3 is 0 Å². The van der Waals surface area contributed by atoms with E-state index >= 15 is 0 Å². The average Bonchev–Trinajstić information content (AvgIpc) is 2.62. The van der Waals surface area contributed by atoms with Crippen LogP contribution < -0.4 is 19.1 Å². The Hall–Kier alpha value is -2.33. The number of sulfonamides is 1. The van der Waals surface area contributed by atoms with Gasteiger partial charge in [-0.2, -0.15) is 0 Å². The van der Waals surface area contributed by atoms with E-state index in [1.807, 2.05) is 0 Å². The molecule has 1 aliphatic heterocycles. The van der Waals surface area contributed by atoms with E-state index in [0.29, 0.717) is 29.2 Å². The van der Waals surface area contributed by atoms with Crippen LogP contribution in [-0.2, 0) is 14.8 Å². The minimum absolute atomic E-state index is 0.0457. The lowest BCUT2D eigenvalue weighted by molar-refractivity contribution is -0.116. The molecule has 150 valence electrons. The molecule has 7 nitrogen and oxygen atoms in total. The molecule has 10 heteroatoms. The van der Waals surface area contributed by atoms with Crippen LogP contribution in [0.1, 0.15) is 6.92 Å². The van der Waals surface area contributed by atoms with E-state index in [1.54, 1.807) is 12.1 Å². The number of carbonyl (C=O) groups excluding carboxylic acids is 1. The first-order valence-corrected chi connectivity index (χ1v) is 11.0. The molecule has 1 atom stereocenters. The maximum absolute atomic E-state index is 14.0. The monoisotopic (exact) mass is 472 g/mol. The minimum atomic E-state index is -3.82. The molecule has 0 aromatic heterocycles. The van der Waals surface area contributed by atoms with Crippen molar-refractivity contribution in [3.05, 3.63) is 46.7 Å². The van der Waals surface area contributed by atoms with Crippen LogP contribution in [0, 0.1) is 5.82 Å². The van der Waals surface area contributed by atoms with Crippen molar-refractivity contribution in [2.75, 3.05) is 29.1 Å². The van der Waals surface area contributed by atoms with Gasteiger partial charge in [0, 0.05) is 10.5 Å². The summed E-state index contributed by atoms with van der Waals surface area (Å²) in [6, 6.07) is 7.63. The van der Waals surface area contributed by atoms with Gasteiger partial charge in [-0.1, -0.05) is 15.9 Å². The number of halogens is 2. The number of carbonyl (C=O) groups is 1. The van der Waals surface area contributed by atoms with Gasteiger partial charge in [0.05, 0.1) is 17.6 Å². The molecule has 1 heterocycles. The molecule has 0 aliphatic carbocycles. The number of amides is 1. The molecular weight excluding hydrogens is 455 g/mol. The Balaban J connectivity index is 1.90. The lowest BCUT2D eigenvalue weighted by Crippen LogP contribution is -2.45. The second-order valence-corrected chi connectivity index (χ2v) is 8.95. The van der Waals surface area contributed by atoms with Crippen molar-refractivity contribution in [3.63, 3.8) is 0 Å². The fourth-order valence-electron chi connectivity index (χ4n) is 2.81. The lowest BCUT2D eigenvalue weighted by Gasteiger charge is -2.29. The number of benzene rings is 2. The van der Waals surface area contributed by atoms with E-state index in [-0.39, 0.29) is 11.4 Å².